The zero-order chi connectivity index (χ0) is 12.1. The van der Waals surface area contributed by atoms with Crippen LogP contribution in [0.4, 0.5) is 5.69 Å². The van der Waals surface area contributed by atoms with Crippen LogP contribution >= 0.6 is 12.2 Å². The summed E-state index contributed by atoms with van der Waals surface area (Å²) in [5, 5.41) is 7.41. The van der Waals surface area contributed by atoms with Crippen molar-refractivity contribution in [3.63, 3.8) is 0 Å². The molecule has 0 saturated heterocycles. The number of benzene rings is 1. The molecule has 2 nitrogen and oxygen atoms in total. The third-order valence-corrected chi connectivity index (χ3v) is 3.68. The van der Waals surface area contributed by atoms with Crippen molar-refractivity contribution in [1.82, 2.24) is 5.32 Å². The number of para-hydroxylation sites is 1. The van der Waals surface area contributed by atoms with Gasteiger partial charge in [-0.05, 0) is 43.1 Å². The molecule has 1 aliphatic carbocycles. The second-order valence-corrected chi connectivity index (χ2v) is 5.24. The number of hydrogen-bond donors (Lipinski definition) is 2. The van der Waals surface area contributed by atoms with Gasteiger partial charge in [0.05, 0.1) is 0 Å². The Kier molecular flexibility index (Phi) is 4.37. The largest absolute Gasteiger partial charge is 0.359 e. The van der Waals surface area contributed by atoms with Gasteiger partial charge < -0.3 is 10.6 Å². The first-order valence-electron chi connectivity index (χ1n) is 6.38. The van der Waals surface area contributed by atoms with Crippen molar-refractivity contribution < 1.29 is 0 Å². The van der Waals surface area contributed by atoms with E-state index in [1.807, 2.05) is 30.3 Å². The number of hydrogen-bond acceptors (Lipinski definition) is 1. The Balaban J connectivity index is 1.84. The Morgan fingerprint density at radius 1 is 1.18 bits per heavy atom. The number of rotatable bonds is 2. The lowest BCUT2D eigenvalue weighted by molar-refractivity contribution is 0.309. The van der Waals surface area contributed by atoms with E-state index in [0.717, 1.165) is 16.7 Å². The molecular formula is C14H20N2S. The zero-order valence-corrected chi connectivity index (χ0v) is 11.1. The maximum Gasteiger partial charge on any atom is 0.171 e. The predicted octanol–water partition coefficient (Wildman–Crippen LogP) is 3.55. The summed E-state index contributed by atoms with van der Waals surface area (Å²) < 4.78 is 0. The summed E-state index contributed by atoms with van der Waals surface area (Å²) in [4.78, 5) is 0. The van der Waals surface area contributed by atoms with Crippen LogP contribution in [0.2, 0.25) is 0 Å². The van der Waals surface area contributed by atoms with Crippen molar-refractivity contribution in [3.8, 4) is 0 Å². The fourth-order valence-corrected chi connectivity index (χ4v) is 2.66. The summed E-state index contributed by atoms with van der Waals surface area (Å²) >= 11 is 5.35. The lowest BCUT2D eigenvalue weighted by atomic mass is 9.86. The molecule has 2 N–H and O–H groups in total. The van der Waals surface area contributed by atoms with Gasteiger partial charge in [0.15, 0.2) is 5.11 Å². The summed E-state index contributed by atoms with van der Waals surface area (Å²) in [5.74, 6) is 0.722. The van der Waals surface area contributed by atoms with Crippen LogP contribution in [0, 0.1) is 5.92 Å². The highest BCUT2D eigenvalue weighted by Crippen LogP contribution is 2.23. The van der Waals surface area contributed by atoms with Crippen molar-refractivity contribution in [3.05, 3.63) is 30.3 Å². The second-order valence-electron chi connectivity index (χ2n) is 4.83. The molecule has 2 rings (SSSR count). The zero-order valence-electron chi connectivity index (χ0n) is 10.3. The molecule has 1 saturated carbocycles. The van der Waals surface area contributed by atoms with Crippen molar-refractivity contribution in [1.29, 1.82) is 0 Å². The first-order chi connectivity index (χ1) is 8.25. The molecule has 0 unspecified atom stereocenters. The second kappa shape index (κ2) is 6.01. The summed E-state index contributed by atoms with van der Waals surface area (Å²) in [6.07, 6.45) is 5.22. The van der Waals surface area contributed by atoms with Gasteiger partial charge in [-0.15, -0.1) is 0 Å². The molecule has 0 spiro atoms. The Labute approximate surface area is 109 Å². The molecule has 0 radical (unpaired) electrons. The topological polar surface area (TPSA) is 24.1 Å². The smallest absolute Gasteiger partial charge is 0.171 e. The molecule has 1 aliphatic rings. The maximum absolute atomic E-state index is 5.35. The molecule has 1 fully saturated rings. The highest BCUT2D eigenvalue weighted by molar-refractivity contribution is 7.80. The molecular weight excluding hydrogens is 228 g/mol. The van der Waals surface area contributed by atoms with Gasteiger partial charge >= 0.3 is 0 Å². The molecule has 0 aromatic heterocycles. The van der Waals surface area contributed by atoms with Crippen LogP contribution in [-0.4, -0.2) is 11.2 Å². The Hall–Kier alpha value is -1.09. The average molecular weight is 248 g/mol. The standard InChI is InChI=1S/C14H20N2S/c1-11-7-5-6-10-13(11)16-14(17)15-12-8-3-2-4-9-12/h2-4,8-9,11,13H,5-7,10H2,1H3,(H2,15,16,17)/t11-,13+/m1/s1. The quantitative estimate of drug-likeness (QED) is 0.783. The van der Waals surface area contributed by atoms with E-state index in [0.29, 0.717) is 6.04 Å². The van der Waals surface area contributed by atoms with E-state index in [-0.39, 0.29) is 0 Å². The average Bonchev–Trinajstić information content (AvgIpc) is 2.33. The minimum atomic E-state index is 0.535. The molecule has 3 heteroatoms. The van der Waals surface area contributed by atoms with Crippen molar-refractivity contribution >= 4 is 23.0 Å². The first-order valence-corrected chi connectivity index (χ1v) is 6.79. The molecule has 0 aliphatic heterocycles. The fourth-order valence-electron chi connectivity index (χ4n) is 2.39. The van der Waals surface area contributed by atoms with Crippen LogP contribution in [0.3, 0.4) is 0 Å². The normalized spacial score (nSPS) is 24.1. The molecule has 2 atom stereocenters. The first kappa shape index (κ1) is 12.4. The van der Waals surface area contributed by atoms with Gasteiger partial charge in [0.1, 0.15) is 0 Å². The Bertz CT molecular complexity index is 364. The fraction of sp³-hybridized carbons (Fsp3) is 0.500. The summed E-state index contributed by atoms with van der Waals surface area (Å²) in [6.45, 7) is 2.31. The number of thiocarbonyl (C=S) groups is 1. The van der Waals surface area contributed by atoms with E-state index in [4.69, 9.17) is 12.2 Å². The summed E-state index contributed by atoms with van der Waals surface area (Å²) in [7, 11) is 0. The van der Waals surface area contributed by atoms with Crippen molar-refractivity contribution in [2.45, 2.75) is 38.6 Å². The van der Waals surface area contributed by atoms with Crippen LogP contribution in [0.5, 0.6) is 0 Å². The van der Waals surface area contributed by atoms with E-state index in [1.54, 1.807) is 0 Å². The summed E-state index contributed by atoms with van der Waals surface area (Å²) in [5.41, 5.74) is 1.05. The van der Waals surface area contributed by atoms with Crippen molar-refractivity contribution in [2.24, 2.45) is 5.92 Å². The number of nitrogens with one attached hydrogen (secondary N) is 2. The Morgan fingerprint density at radius 2 is 1.88 bits per heavy atom. The van der Waals surface area contributed by atoms with E-state index < -0.39 is 0 Å². The highest BCUT2D eigenvalue weighted by Gasteiger charge is 2.21. The van der Waals surface area contributed by atoms with Gasteiger partial charge in [0, 0.05) is 11.7 Å². The van der Waals surface area contributed by atoms with E-state index >= 15 is 0 Å². The highest BCUT2D eigenvalue weighted by atomic mass is 32.1. The third-order valence-electron chi connectivity index (χ3n) is 3.46. The lowest BCUT2D eigenvalue weighted by Crippen LogP contribution is -2.43. The van der Waals surface area contributed by atoms with Crippen LogP contribution in [0.15, 0.2) is 30.3 Å². The van der Waals surface area contributed by atoms with E-state index in [1.165, 1.54) is 25.7 Å². The molecule has 92 valence electrons. The molecule has 0 amide bonds. The minimum Gasteiger partial charge on any atom is -0.359 e. The van der Waals surface area contributed by atoms with Gasteiger partial charge in [-0.25, -0.2) is 0 Å². The molecule has 0 bridgehead atoms. The summed E-state index contributed by atoms with van der Waals surface area (Å²) in [6, 6.07) is 10.6. The van der Waals surface area contributed by atoms with Gasteiger partial charge in [0.25, 0.3) is 0 Å². The van der Waals surface area contributed by atoms with Crippen LogP contribution < -0.4 is 10.6 Å². The molecule has 17 heavy (non-hydrogen) atoms. The SMILES string of the molecule is C[C@@H]1CCCC[C@@H]1NC(=S)Nc1ccccc1. The van der Waals surface area contributed by atoms with Gasteiger partial charge in [0.2, 0.25) is 0 Å². The van der Waals surface area contributed by atoms with E-state index in [9.17, 15) is 0 Å². The molecule has 0 heterocycles. The predicted molar refractivity (Wildman–Crippen MR) is 77.2 cm³/mol. The minimum absolute atomic E-state index is 0.535. The monoisotopic (exact) mass is 248 g/mol. The molecule has 1 aromatic carbocycles. The van der Waals surface area contributed by atoms with Gasteiger partial charge in [-0.3, -0.25) is 0 Å². The lowest BCUT2D eigenvalue weighted by Gasteiger charge is -2.30. The number of anilines is 1. The van der Waals surface area contributed by atoms with Gasteiger partial charge in [-0.2, -0.15) is 0 Å². The molecule has 1 aromatic rings. The van der Waals surface area contributed by atoms with Crippen LogP contribution in [0.25, 0.3) is 0 Å². The van der Waals surface area contributed by atoms with Crippen LogP contribution in [0.1, 0.15) is 32.6 Å². The van der Waals surface area contributed by atoms with Crippen molar-refractivity contribution in [2.75, 3.05) is 5.32 Å². The van der Waals surface area contributed by atoms with Gasteiger partial charge in [-0.1, -0.05) is 38.0 Å². The maximum atomic E-state index is 5.35. The van der Waals surface area contributed by atoms with E-state index in [2.05, 4.69) is 17.6 Å². The Morgan fingerprint density at radius 3 is 2.59 bits per heavy atom. The van der Waals surface area contributed by atoms with Crippen LogP contribution in [-0.2, 0) is 0 Å². The third kappa shape index (κ3) is 3.70.